The maximum atomic E-state index is 11.7. The van der Waals surface area contributed by atoms with Crippen molar-refractivity contribution in [1.29, 1.82) is 0 Å². The Hall–Kier alpha value is -2.17. The Kier molecular flexibility index (Phi) is 20.7. The molecule has 0 amide bonds. The van der Waals surface area contributed by atoms with E-state index in [1.807, 2.05) is 65.8 Å². The van der Waals surface area contributed by atoms with Crippen molar-refractivity contribution in [2.24, 2.45) is 0 Å². The van der Waals surface area contributed by atoms with Crippen LogP contribution in [0.1, 0.15) is 96.6 Å². The largest absolute Gasteiger partial charge is 0.494 e. The molecular weight excluding hydrogens is 400 g/mol. The topological polar surface area (TPSA) is 55.8 Å². The van der Waals surface area contributed by atoms with E-state index in [1.54, 1.807) is 13.8 Å². The van der Waals surface area contributed by atoms with E-state index in [4.69, 9.17) is 14.6 Å². The number of Topliss-reactive ketones (excluding diaryl/α,β-unsaturated/α-hetero) is 1. The van der Waals surface area contributed by atoms with Crippen LogP contribution in [-0.2, 0) is 18.0 Å². The van der Waals surface area contributed by atoms with Crippen LogP contribution >= 0.6 is 0 Å². The molecule has 1 aliphatic heterocycles. The number of aliphatic hydroxyl groups excluding tert-OH is 1. The highest BCUT2D eigenvalue weighted by atomic mass is 16.5. The number of hydrogen-bond acceptors (Lipinski definition) is 4. The first kappa shape index (κ1) is 32.0. The smallest absolute Gasteiger partial charge is 0.159 e. The van der Waals surface area contributed by atoms with Gasteiger partial charge in [-0.05, 0) is 60.7 Å². The van der Waals surface area contributed by atoms with Gasteiger partial charge in [0.1, 0.15) is 5.75 Å². The van der Waals surface area contributed by atoms with Gasteiger partial charge < -0.3 is 14.6 Å². The summed E-state index contributed by atoms with van der Waals surface area (Å²) in [5.41, 5.74) is 5.18. The van der Waals surface area contributed by atoms with Gasteiger partial charge in [-0.1, -0.05) is 73.1 Å². The van der Waals surface area contributed by atoms with Crippen molar-refractivity contribution in [3.05, 3.63) is 53.1 Å². The summed E-state index contributed by atoms with van der Waals surface area (Å²) in [5.74, 6) is 0.964. The molecule has 4 heteroatoms. The molecule has 1 N–H and O–H groups in total. The van der Waals surface area contributed by atoms with Crippen LogP contribution in [0, 0.1) is 0 Å². The summed E-state index contributed by atoms with van der Waals surface area (Å²) in [6.07, 6.45) is 2.17. The third kappa shape index (κ3) is 10.9. The molecule has 0 aromatic heterocycles. The van der Waals surface area contributed by atoms with Gasteiger partial charge in [0.05, 0.1) is 19.8 Å². The lowest BCUT2D eigenvalue weighted by molar-refractivity contribution is 0.101. The van der Waals surface area contributed by atoms with Crippen molar-refractivity contribution in [3.63, 3.8) is 0 Å². The van der Waals surface area contributed by atoms with Gasteiger partial charge in [-0.15, -0.1) is 0 Å². The molecule has 0 unspecified atom stereocenters. The van der Waals surface area contributed by atoms with Crippen LogP contribution in [0.2, 0.25) is 0 Å². The standard InChI is InChI=1S/C20H22O3.C2H6O.3C2H6/c1-3-4-9-23-18-7-8-19-17(10-18)13-22-12-16-6-5-15(14(2)21)11-20(16)19;1-2-3;3*1-2/h5-8,10-11H,3-4,9,12-13H2,1-2H3;3H,2H2,1H3;3*1-2H3. The molecule has 4 nitrogen and oxygen atoms in total. The van der Waals surface area contributed by atoms with E-state index in [2.05, 4.69) is 19.1 Å². The maximum Gasteiger partial charge on any atom is 0.159 e. The first-order chi connectivity index (χ1) is 15.6. The number of benzene rings is 2. The van der Waals surface area contributed by atoms with Gasteiger partial charge in [0.2, 0.25) is 0 Å². The van der Waals surface area contributed by atoms with Crippen molar-refractivity contribution < 1.29 is 19.4 Å². The molecule has 0 radical (unpaired) electrons. The molecule has 1 aliphatic rings. The van der Waals surface area contributed by atoms with Gasteiger partial charge in [-0.25, -0.2) is 0 Å². The summed E-state index contributed by atoms with van der Waals surface area (Å²) in [5, 5.41) is 7.57. The Morgan fingerprint density at radius 2 is 1.50 bits per heavy atom. The Balaban J connectivity index is 0. The Labute approximate surface area is 197 Å². The average molecular weight is 447 g/mol. The molecule has 0 saturated heterocycles. The highest BCUT2D eigenvalue weighted by Gasteiger charge is 2.16. The minimum Gasteiger partial charge on any atom is -0.494 e. The minimum absolute atomic E-state index is 0.0824. The molecule has 2 aromatic rings. The van der Waals surface area contributed by atoms with Crippen LogP contribution in [0.25, 0.3) is 11.1 Å². The number of hydrogen-bond donors (Lipinski definition) is 1. The second-order valence-corrected chi connectivity index (χ2v) is 6.26. The van der Waals surface area contributed by atoms with Crippen molar-refractivity contribution in [3.8, 4) is 16.9 Å². The van der Waals surface area contributed by atoms with Crippen molar-refractivity contribution in [2.75, 3.05) is 13.2 Å². The third-order valence-corrected chi connectivity index (χ3v) is 4.17. The zero-order valence-electron chi connectivity index (χ0n) is 21.9. The fourth-order valence-electron chi connectivity index (χ4n) is 2.82. The molecule has 1 heterocycles. The lowest BCUT2D eigenvalue weighted by Crippen LogP contribution is -1.98. The number of carbonyl (C=O) groups is 1. The summed E-state index contributed by atoms with van der Waals surface area (Å²) >= 11 is 0. The van der Waals surface area contributed by atoms with E-state index in [0.717, 1.165) is 53.0 Å². The summed E-state index contributed by atoms with van der Waals surface area (Å²) in [6, 6.07) is 12.0. The van der Waals surface area contributed by atoms with Crippen LogP contribution in [0.5, 0.6) is 5.75 Å². The van der Waals surface area contributed by atoms with Crippen LogP contribution in [0.15, 0.2) is 36.4 Å². The summed E-state index contributed by atoms with van der Waals surface area (Å²) in [7, 11) is 0. The quantitative estimate of drug-likeness (QED) is 0.375. The summed E-state index contributed by atoms with van der Waals surface area (Å²) in [6.45, 7) is 19.5. The van der Waals surface area contributed by atoms with Gasteiger partial charge in [-0.2, -0.15) is 0 Å². The zero-order valence-corrected chi connectivity index (χ0v) is 21.9. The molecule has 0 aliphatic carbocycles. The highest BCUT2D eigenvalue weighted by molar-refractivity contribution is 5.95. The highest BCUT2D eigenvalue weighted by Crippen LogP contribution is 2.34. The number of ketones is 1. The van der Waals surface area contributed by atoms with E-state index < -0.39 is 0 Å². The number of fused-ring (bicyclic) bond motifs is 3. The third-order valence-electron chi connectivity index (χ3n) is 4.17. The van der Waals surface area contributed by atoms with Crippen LogP contribution in [-0.4, -0.2) is 24.1 Å². The molecular formula is C28H46O4. The molecule has 32 heavy (non-hydrogen) atoms. The first-order valence-corrected chi connectivity index (χ1v) is 12.2. The molecule has 0 atom stereocenters. The van der Waals surface area contributed by atoms with E-state index in [1.165, 1.54) is 0 Å². The predicted molar refractivity (Wildman–Crippen MR) is 138 cm³/mol. The number of aliphatic hydroxyl groups is 1. The molecule has 0 spiro atoms. The Morgan fingerprint density at radius 1 is 0.906 bits per heavy atom. The number of ether oxygens (including phenoxy) is 2. The average Bonchev–Trinajstić information content (AvgIpc) is 3.02. The molecule has 3 rings (SSSR count). The van der Waals surface area contributed by atoms with Gasteiger partial charge in [0.25, 0.3) is 0 Å². The fourth-order valence-corrected chi connectivity index (χ4v) is 2.82. The first-order valence-electron chi connectivity index (χ1n) is 12.2. The van der Waals surface area contributed by atoms with E-state index in [-0.39, 0.29) is 12.4 Å². The van der Waals surface area contributed by atoms with Crippen LogP contribution in [0.4, 0.5) is 0 Å². The lowest BCUT2D eigenvalue weighted by atomic mass is 9.94. The molecule has 0 bridgehead atoms. The lowest BCUT2D eigenvalue weighted by Gasteiger charge is -2.12. The summed E-state index contributed by atoms with van der Waals surface area (Å²) < 4.78 is 11.6. The van der Waals surface area contributed by atoms with E-state index in [9.17, 15) is 4.79 Å². The second-order valence-electron chi connectivity index (χ2n) is 6.26. The fraction of sp³-hybridized carbons (Fsp3) is 0.536. The monoisotopic (exact) mass is 446 g/mol. The van der Waals surface area contributed by atoms with Gasteiger partial charge >= 0.3 is 0 Å². The predicted octanol–water partition coefficient (Wildman–Crippen LogP) is 7.84. The molecule has 0 fully saturated rings. The van der Waals surface area contributed by atoms with Gasteiger partial charge in [0, 0.05) is 12.2 Å². The number of rotatable bonds is 5. The Morgan fingerprint density at radius 3 is 2.06 bits per heavy atom. The number of unbranched alkanes of at least 4 members (excludes halogenated alkanes) is 1. The van der Waals surface area contributed by atoms with Gasteiger partial charge in [-0.3, -0.25) is 4.79 Å². The normalized spacial score (nSPS) is 10.4. The Bertz CT molecular complexity index is 738. The van der Waals surface area contributed by atoms with E-state index >= 15 is 0 Å². The molecule has 0 saturated carbocycles. The zero-order chi connectivity index (χ0) is 24.9. The van der Waals surface area contributed by atoms with E-state index in [0.29, 0.717) is 13.2 Å². The second kappa shape index (κ2) is 20.7. The number of carbonyl (C=O) groups excluding carboxylic acids is 1. The maximum absolute atomic E-state index is 11.7. The van der Waals surface area contributed by atoms with Gasteiger partial charge in [0.15, 0.2) is 5.78 Å². The molecule has 2 aromatic carbocycles. The van der Waals surface area contributed by atoms with Crippen molar-refractivity contribution >= 4 is 5.78 Å². The summed E-state index contributed by atoms with van der Waals surface area (Å²) in [4.78, 5) is 11.7. The van der Waals surface area contributed by atoms with Crippen molar-refractivity contribution in [1.82, 2.24) is 0 Å². The minimum atomic E-state index is 0.0824. The van der Waals surface area contributed by atoms with Crippen LogP contribution in [0.3, 0.4) is 0 Å². The SMILES string of the molecule is CC.CC.CC.CCCCOc1ccc2c(c1)COCc1ccc(C(C)=O)cc1-2.CCO. The van der Waals surface area contributed by atoms with Crippen LogP contribution < -0.4 is 4.74 Å². The molecule has 182 valence electrons. The van der Waals surface area contributed by atoms with Crippen molar-refractivity contribution in [2.45, 2.75) is 88.4 Å².